The van der Waals surface area contributed by atoms with Gasteiger partial charge in [0.05, 0.1) is 16.5 Å². The Bertz CT molecular complexity index is 1220. The predicted octanol–water partition coefficient (Wildman–Crippen LogP) is 5.40. The lowest BCUT2D eigenvalue weighted by Gasteiger charge is -2.19. The molecule has 2 amide bonds. The maximum atomic E-state index is 12.8. The van der Waals surface area contributed by atoms with Crippen LogP contribution in [0.3, 0.4) is 0 Å². The normalized spacial score (nSPS) is 16.4. The zero-order valence-corrected chi connectivity index (χ0v) is 17.6. The van der Waals surface area contributed by atoms with E-state index in [-0.39, 0.29) is 17.2 Å². The Morgan fingerprint density at radius 1 is 1.13 bits per heavy atom. The summed E-state index contributed by atoms with van der Waals surface area (Å²) < 4.78 is 2.08. The Kier molecular flexibility index (Phi) is 5.47. The van der Waals surface area contributed by atoms with Gasteiger partial charge in [0.1, 0.15) is 0 Å². The maximum absolute atomic E-state index is 12.8. The summed E-state index contributed by atoms with van der Waals surface area (Å²) in [5.41, 5.74) is 3.48. The van der Waals surface area contributed by atoms with Gasteiger partial charge in [-0.2, -0.15) is 5.26 Å². The lowest BCUT2D eigenvalue weighted by atomic mass is 10.1. The topological polar surface area (TPSA) is 66.1 Å². The number of hydrogen-bond acceptors (Lipinski definition) is 4. The van der Waals surface area contributed by atoms with Crippen LogP contribution in [0, 0.1) is 11.3 Å². The Morgan fingerprint density at radius 2 is 1.87 bits per heavy atom. The van der Waals surface area contributed by atoms with Crippen molar-refractivity contribution in [2.75, 3.05) is 0 Å². The SMILES string of the molecule is CC[C@H](C)N1C(=O)S/C(=C/c2cn(Cc3ccccc3C#N)c3ccccc23)C1=O. The van der Waals surface area contributed by atoms with E-state index in [0.717, 1.165) is 40.2 Å². The third-order valence-electron chi connectivity index (χ3n) is 5.44. The first-order chi connectivity index (χ1) is 14.5. The first-order valence-electron chi connectivity index (χ1n) is 9.86. The fraction of sp³-hybridized carbons (Fsp3) is 0.208. The summed E-state index contributed by atoms with van der Waals surface area (Å²) in [5, 5.41) is 10.2. The van der Waals surface area contributed by atoms with E-state index in [1.165, 1.54) is 4.90 Å². The smallest absolute Gasteiger partial charge is 0.293 e. The number of hydrogen-bond donors (Lipinski definition) is 0. The van der Waals surface area contributed by atoms with Crippen LogP contribution in [0.2, 0.25) is 0 Å². The van der Waals surface area contributed by atoms with Crippen LogP contribution in [0.25, 0.3) is 17.0 Å². The molecule has 0 spiro atoms. The summed E-state index contributed by atoms with van der Waals surface area (Å²) in [5.74, 6) is -0.231. The van der Waals surface area contributed by atoms with E-state index < -0.39 is 0 Å². The molecule has 5 nitrogen and oxygen atoms in total. The molecule has 0 radical (unpaired) electrons. The summed E-state index contributed by atoms with van der Waals surface area (Å²) in [4.78, 5) is 27.0. The standard InChI is InChI=1S/C24H21N3O2S/c1-3-16(2)27-23(28)22(30-24(27)29)12-19-15-26(21-11-7-6-10-20(19)21)14-18-9-5-4-8-17(18)13-25/h4-12,15-16H,3,14H2,1-2H3/b22-12+/t16-/m0/s1. The number of carbonyl (C=O) groups excluding carboxylic acids is 2. The van der Waals surface area contributed by atoms with Gasteiger partial charge in [-0.1, -0.05) is 43.3 Å². The van der Waals surface area contributed by atoms with E-state index in [1.54, 1.807) is 0 Å². The number of aromatic nitrogens is 1. The predicted molar refractivity (Wildman–Crippen MR) is 120 cm³/mol. The van der Waals surface area contributed by atoms with Crippen molar-refractivity contribution in [3.8, 4) is 6.07 Å². The minimum absolute atomic E-state index is 0.118. The molecule has 2 heterocycles. The van der Waals surface area contributed by atoms with Gasteiger partial charge in [-0.05, 0) is 48.9 Å². The fourth-order valence-electron chi connectivity index (χ4n) is 3.66. The molecule has 0 N–H and O–H groups in total. The molecule has 1 saturated heterocycles. The lowest BCUT2D eigenvalue weighted by Crippen LogP contribution is -2.36. The molecule has 150 valence electrons. The number of thioether (sulfide) groups is 1. The second-order valence-electron chi connectivity index (χ2n) is 7.31. The quantitative estimate of drug-likeness (QED) is 0.524. The third kappa shape index (κ3) is 3.53. The summed E-state index contributed by atoms with van der Waals surface area (Å²) in [7, 11) is 0. The minimum Gasteiger partial charge on any atom is -0.342 e. The van der Waals surface area contributed by atoms with E-state index in [9.17, 15) is 14.9 Å². The average molecular weight is 416 g/mol. The van der Waals surface area contributed by atoms with Crippen molar-refractivity contribution in [1.29, 1.82) is 5.26 Å². The van der Waals surface area contributed by atoms with Gasteiger partial charge < -0.3 is 4.57 Å². The maximum Gasteiger partial charge on any atom is 0.293 e. The van der Waals surface area contributed by atoms with Crippen LogP contribution in [0.4, 0.5) is 4.79 Å². The first-order valence-corrected chi connectivity index (χ1v) is 10.7. The van der Waals surface area contributed by atoms with Gasteiger partial charge in [0.2, 0.25) is 0 Å². The second kappa shape index (κ2) is 8.21. The van der Waals surface area contributed by atoms with E-state index in [1.807, 2.05) is 74.7 Å². The molecule has 1 aromatic heterocycles. The van der Waals surface area contributed by atoms with Crippen LogP contribution in [0.15, 0.2) is 59.6 Å². The van der Waals surface area contributed by atoms with Crippen LogP contribution in [-0.2, 0) is 11.3 Å². The average Bonchev–Trinajstić information content (AvgIpc) is 3.25. The summed E-state index contributed by atoms with van der Waals surface area (Å²) >= 11 is 0.994. The molecular formula is C24H21N3O2S. The van der Waals surface area contributed by atoms with Crippen molar-refractivity contribution in [1.82, 2.24) is 9.47 Å². The van der Waals surface area contributed by atoms with Crippen molar-refractivity contribution < 1.29 is 9.59 Å². The molecule has 4 rings (SSSR count). The minimum atomic E-state index is -0.231. The van der Waals surface area contributed by atoms with Gasteiger partial charge in [-0.3, -0.25) is 14.5 Å². The number of imide groups is 1. The number of fused-ring (bicyclic) bond motifs is 1. The van der Waals surface area contributed by atoms with Gasteiger partial charge >= 0.3 is 0 Å². The Hall–Kier alpha value is -3.30. The highest BCUT2D eigenvalue weighted by atomic mass is 32.2. The molecule has 0 aliphatic carbocycles. The zero-order valence-electron chi connectivity index (χ0n) is 16.8. The highest BCUT2D eigenvalue weighted by Gasteiger charge is 2.37. The third-order valence-corrected chi connectivity index (χ3v) is 6.32. The monoisotopic (exact) mass is 415 g/mol. The summed E-state index contributed by atoms with van der Waals surface area (Å²) in [6.45, 7) is 4.40. The van der Waals surface area contributed by atoms with Crippen LogP contribution in [-0.4, -0.2) is 26.7 Å². The summed E-state index contributed by atoms with van der Waals surface area (Å²) in [6.07, 6.45) is 4.52. The van der Waals surface area contributed by atoms with Crippen LogP contribution >= 0.6 is 11.8 Å². The summed E-state index contributed by atoms with van der Waals surface area (Å²) in [6, 6.07) is 17.6. The van der Waals surface area contributed by atoms with Gasteiger partial charge in [0, 0.05) is 35.2 Å². The number of rotatable bonds is 5. The Balaban J connectivity index is 1.75. The molecule has 3 aromatic rings. The molecule has 6 heteroatoms. The van der Waals surface area contributed by atoms with Gasteiger partial charge in [0.15, 0.2) is 0 Å². The second-order valence-corrected chi connectivity index (χ2v) is 8.30. The Labute approximate surface area is 179 Å². The van der Waals surface area contributed by atoms with Crippen molar-refractivity contribution in [2.24, 2.45) is 0 Å². The van der Waals surface area contributed by atoms with Gasteiger partial charge in [-0.25, -0.2) is 0 Å². The van der Waals surface area contributed by atoms with Crippen LogP contribution in [0.5, 0.6) is 0 Å². The zero-order chi connectivity index (χ0) is 21.3. The number of para-hydroxylation sites is 1. The van der Waals surface area contributed by atoms with Crippen LogP contribution < -0.4 is 0 Å². The van der Waals surface area contributed by atoms with Crippen molar-refractivity contribution in [3.63, 3.8) is 0 Å². The van der Waals surface area contributed by atoms with Crippen molar-refractivity contribution in [2.45, 2.75) is 32.9 Å². The molecule has 1 atom stereocenters. The molecule has 1 aliphatic heterocycles. The largest absolute Gasteiger partial charge is 0.342 e. The highest BCUT2D eigenvalue weighted by Crippen LogP contribution is 2.35. The van der Waals surface area contributed by atoms with Crippen molar-refractivity contribution in [3.05, 3.63) is 76.3 Å². The molecule has 1 fully saturated rings. The molecular weight excluding hydrogens is 394 g/mol. The first kappa shape index (κ1) is 20.0. The Morgan fingerprint density at radius 3 is 2.63 bits per heavy atom. The number of amides is 2. The molecule has 2 aromatic carbocycles. The number of nitriles is 1. The van der Waals surface area contributed by atoms with E-state index in [4.69, 9.17) is 0 Å². The van der Waals surface area contributed by atoms with Crippen molar-refractivity contribution >= 4 is 39.9 Å². The molecule has 0 saturated carbocycles. The van der Waals surface area contributed by atoms with E-state index >= 15 is 0 Å². The van der Waals surface area contributed by atoms with E-state index in [2.05, 4.69) is 10.6 Å². The van der Waals surface area contributed by atoms with Gasteiger partial charge in [0.25, 0.3) is 11.1 Å². The molecule has 0 bridgehead atoms. The lowest BCUT2D eigenvalue weighted by molar-refractivity contribution is -0.124. The highest BCUT2D eigenvalue weighted by molar-refractivity contribution is 8.18. The molecule has 0 unspecified atom stereocenters. The van der Waals surface area contributed by atoms with Gasteiger partial charge in [-0.15, -0.1) is 0 Å². The number of carbonyl (C=O) groups is 2. The molecule has 1 aliphatic rings. The molecule has 30 heavy (non-hydrogen) atoms. The fourth-order valence-corrected chi connectivity index (χ4v) is 4.58. The number of benzene rings is 2. The number of nitrogens with zero attached hydrogens (tertiary/aromatic N) is 3. The van der Waals surface area contributed by atoms with Crippen LogP contribution in [0.1, 0.15) is 37.0 Å². The van der Waals surface area contributed by atoms with E-state index in [0.29, 0.717) is 17.0 Å².